The standard InChI is InChI=1S/C19H26N2O5S2/c1-14-2-8-18(9-3-14)28(25,26)20-12-15-4-6-16(7-5-15)19(22)21-17-10-11-27(23,24)13-17/h2-3,8-11,15-17,20H,4-7,12-13H2,1H3,(H,21,22). The maximum absolute atomic E-state index is 12.4. The molecule has 0 spiro atoms. The molecule has 1 heterocycles. The zero-order valence-electron chi connectivity index (χ0n) is 15.8. The van der Waals surface area contributed by atoms with Crippen molar-refractivity contribution in [2.75, 3.05) is 12.3 Å². The Morgan fingerprint density at radius 2 is 1.75 bits per heavy atom. The van der Waals surface area contributed by atoms with Crippen molar-refractivity contribution in [1.82, 2.24) is 10.0 Å². The Bertz CT molecular complexity index is 945. The highest BCUT2D eigenvalue weighted by Crippen LogP contribution is 2.29. The van der Waals surface area contributed by atoms with Gasteiger partial charge in [-0.1, -0.05) is 17.7 Å². The summed E-state index contributed by atoms with van der Waals surface area (Å²) in [5.41, 5.74) is 1.00. The van der Waals surface area contributed by atoms with E-state index >= 15 is 0 Å². The van der Waals surface area contributed by atoms with Gasteiger partial charge in [0.1, 0.15) is 0 Å². The summed E-state index contributed by atoms with van der Waals surface area (Å²) in [6, 6.07) is 6.27. The third kappa shape index (κ3) is 5.42. The monoisotopic (exact) mass is 426 g/mol. The van der Waals surface area contributed by atoms with Crippen LogP contribution in [0.4, 0.5) is 0 Å². The van der Waals surface area contributed by atoms with Crippen molar-refractivity contribution < 1.29 is 21.6 Å². The summed E-state index contributed by atoms with van der Waals surface area (Å²) in [5.74, 6) is -0.155. The highest BCUT2D eigenvalue weighted by Gasteiger charge is 2.30. The molecule has 2 aliphatic rings. The van der Waals surface area contributed by atoms with E-state index in [0.29, 0.717) is 19.4 Å². The highest BCUT2D eigenvalue weighted by molar-refractivity contribution is 7.94. The van der Waals surface area contributed by atoms with Crippen molar-refractivity contribution in [3.8, 4) is 0 Å². The number of hydrogen-bond donors (Lipinski definition) is 2. The Kier molecular flexibility index (Phi) is 6.26. The summed E-state index contributed by atoms with van der Waals surface area (Å²) in [5, 5.41) is 3.93. The summed E-state index contributed by atoms with van der Waals surface area (Å²) in [6.45, 7) is 2.26. The molecule has 1 aromatic carbocycles. The highest BCUT2D eigenvalue weighted by atomic mass is 32.2. The normalized spacial score (nSPS) is 26.8. The molecule has 2 N–H and O–H groups in total. The van der Waals surface area contributed by atoms with Gasteiger partial charge in [0.05, 0.1) is 16.7 Å². The van der Waals surface area contributed by atoms with E-state index in [-0.39, 0.29) is 28.4 Å². The molecule has 1 aromatic rings. The van der Waals surface area contributed by atoms with Crippen molar-refractivity contribution in [3.05, 3.63) is 41.3 Å². The Balaban J connectivity index is 1.44. The minimum absolute atomic E-state index is 0.0745. The van der Waals surface area contributed by atoms with Gasteiger partial charge in [-0.15, -0.1) is 0 Å². The van der Waals surface area contributed by atoms with Gasteiger partial charge in [-0.25, -0.2) is 21.6 Å². The number of benzene rings is 1. The molecule has 154 valence electrons. The molecule has 1 saturated carbocycles. The number of sulfone groups is 1. The molecule has 1 unspecified atom stereocenters. The SMILES string of the molecule is Cc1ccc(S(=O)(=O)NCC2CCC(C(=O)NC3C=CS(=O)(=O)C3)CC2)cc1. The average molecular weight is 427 g/mol. The van der Waals surface area contributed by atoms with E-state index in [1.165, 1.54) is 6.08 Å². The molecule has 1 fully saturated rings. The fourth-order valence-electron chi connectivity index (χ4n) is 3.62. The van der Waals surface area contributed by atoms with Gasteiger partial charge in [-0.2, -0.15) is 0 Å². The molecule has 1 aliphatic heterocycles. The first-order valence-corrected chi connectivity index (χ1v) is 12.6. The minimum Gasteiger partial charge on any atom is -0.349 e. The molecule has 1 amide bonds. The van der Waals surface area contributed by atoms with E-state index < -0.39 is 25.9 Å². The maximum atomic E-state index is 12.4. The van der Waals surface area contributed by atoms with Gasteiger partial charge in [0, 0.05) is 17.9 Å². The molecule has 7 nitrogen and oxygen atoms in total. The third-order valence-electron chi connectivity index (χ3n) is 5.37. The average Bonchev–Trinajstić information content (AvgIpc) is 2.99. The van der Waals surface area contributed by atoms with Crippen LogP contribution in [0.25, 0.3) is 0 Å². The van der Waals surface area contributed by atoms with Gasteiger partial charge in [0.2, 0.25) is 15.9 Å². The fourth-order valence-corrected chi connectivity index (χ4v) is 5.97. The largest absolute Gasteiger partial charge is 0.349 e. The van der Waals surface area contributed by atoms with Gasteiger partial charge < -0.3 is 5.32 Å². The van der Waals surface area contributed by atoms with Crippen LogP contribution in [0.5, 0.6) is 0 Å². The van der Waals surface area contributed by atoms with Crippen LogP contribution in [0, 0.1) is 18.8 Å². The van der Waals surface area contributed by atoms with E-state index in [0.717, 1.165) is 23.8 Å². The molecule has 9 heteroatoms. The number of aryl methyl sites for hydroxylation is 1. The van der Waals surface area contributed by atoms with E-state index in [1.807, 2.05) is 6.92 Å². The lowest BCUT2D eigenvalue weighted by atomic mass is 9.81. The topological polar surface area (TPSA) is 109 Å². The molecule has 0 bridgehead atoms. The summed E-state index contributed by atoms with van der Waals surface area (Å²) in [6.07, 6.45) is 4.37. The van der Waals surface area contributed by atoms with Gasteiger partial charge in [0.15, 0.2) is 9.84 Å². The third-order valence-corrected chi connectivity index (χ3v) is 8.20. The lowest BCUT2D eigenvalue weighted by Gasteiger charge is -2.28. The Morgan fingerprint density at radius 1 is 1.11 bits per heavy atom. The zero-order valence-corrected chi connectivity index (χ0v) is 17.4. The van der Waals surface area contributed by atoms with Crippen LogP contribution in [0.1, 0.15) is 31.2 Å². The van der Waals surface area contributed by atoms with Crippen molar-refractivity contribution in [3.63, 3.8) is 0 Å². The summed E-state index contributed by atoms with van der Waals surface area (Å²) < 4.78 is 50.3. The number of hydrogen-bond acceptors (Lipinski definition) is 5. The van der Waals surface area contributed by atoms with E-state index in [4.69, 9.17) is 0 Å². The van der Waals surface area contributed by atoms with Crippen molar-refractivity contribution in [2.45, 2.75) is 43.5 Å². The van der Waals surface area contributed by atoms with Crippen LogP contribution in [0.2, 0.25) is 0 Å². The van der Waals surface area contributed by atoms with E-state index in [9.17, 15) is 21.6 Å². The number of sulfonamides is 1. The van der Waals surface area contributed by atoms with Crippen LogP contribution < -0.4 is 10.0 Å². The molecule has 1 atom stereocenters. The fraction of sp³-hybridized carbons (Fsp3) is 0.526. The smallest absolute Gasteiger partial charge is 0.240 e. The van der Waals surface area contributed by atoms with Gasteiger partial charge in [0.25, 0.3) is 0 Å². The summed E-state index contributed by atoms with van der Waals surface area (Å²) >= 11 is 0. The van der Waals surface area contributed by atoms with Crippen LogP contribution in [0.3, 0.4) is 0 Å². The van der Waals surface area contributed by atoms with Crippen molar-refractivity contribution in [2.24, 2.45) is 11.8 Å². The lowest BCUT2D eigenvalue weighted by Crippen LogP contribution is -2.41. The maximum Gasteiger partial charge on any atom is 0.240 e. The van der Waals surface area contributed by atoms with Crippen molar-refractivity contribution in [1.29, 1.82) is 0 Å². The Hall–Kier alpha value is -1.71. The second kappa shape index (κ2) is 8.34. The number of amides is 1. The van der Waals surface area contributed by atoms with Gasteiger partial charge in [-0.05, 0) is 56.7 Å². The second-order valence-electron chi connectivity index (χ2n) is 7.66. The first kappa shape index (κ1) is 21.0. The number of rotatable bonds is 6. The predicted molar refractivity (Wildman–Crippen MR) is 107 cm³/mol. The van der Waals surface area contributed by atoms with Crippen LogP contribution in [0.15, 0.2) is 40.6 Å². The molecule has 0 radical (unpaired) electrons. The van der Waals surface area contributed by atoms with Gasteiger partial charge >= 0.3 is 0 Å². The molecule has 0 aromatic heterocycles. The summed E-state index contributed by atoms with van der Waals surface area (Å²) in [7, 11) is -6.71. The van der Waals surface area contributed by atoms with Crippen molar-refractivity contribution >= 4 is 25.8 Å². The van der Waals surface area contributed by atoms with E-state index in [2.05, 4.69) is 10.0 Å². The molecule has 1 aliphatic carbocycles. The number of carbonyl (C=O) groups is 1. The lowest BCUT2D eigenvalue weighted by molar-refractivity contribution is -0.126. The minimum atomic E-state index is -3.53. The van der Waals surface area contributed by atoms with Crippen LogP contribution >= 0.6 is 0 Å². The van der Waals surface area contributed by atoms with Crippen LogP contribution in [-0.2, 0) is 24.7 Å². The molecular weight excluding hydrogens is 400 g/mol. The molecule has 28 heavy (non-hydrogen) atoms. The summed E-state index contributed by atoms with van der Waals surface area (Å²) in [4.78, 5) is 12.6. The Labute approximate surface area is 166 Å². The quantitative estimate of drug-likeness (QED) is 0.717. The predicted octanol–water partition coefficient (Wildman–Crippen LogP) is 1.51. The first-order valence-electron chi connectivity index (χ1n) is 9.42. The van der Waals surface area contributed by atoms with Crippen LogP contribution in [-0.4, -0.2) is 41.1 Å². The number of carbonyl (C=O) groups excluding carboxylic acids is 1. The second-order valence-corrected chi connectivity index (χ2v) is 11.4. The van der Waals surface area contributed by atoms with E-state index in [1.54, 1.807) is 24.3 Å². The number of nitrogens with one attached hydrogen (secondary N) is 2. The zero-order chi connectivity index (χ0) is 20.4. The first-order chi connectivity index (χ1) is 13.1. The Morgan fingerprint density at radius 3 is 2.32 bits per heavy atom. The molecular formula is C19H26N2O5S2. The molecule has 3 rings (SSSR count). The molecule has 0 saturated heterocycles. The van der Waals surface area contributed by atoms with Gasteiger partial charge in [-0.3, -0.25) is 4.79 Å².